The largest absolute Gasteiger partial charge is 0.495 e. The number of carbonyl (C=O) groups is 3. The molecule has 0 spiro atoms. The van der Waals surface area contributed by atoms with Crippen molar-refractivity contribution in [1.82, 2.24) is 0 Å². The number of fused-ring (bicyclic) bond motifs is 1. The van der Waals surface area contributed by atoms with Crippen LogP contribution in [0.2, 0.25) is 0 Å². The van der Waals surface area contributed by atoms with Gasteiger partial charge in [0.1, 0.15) is 5.75 Å². The van der Waals surface area contributed by atoms with E-state index in [0.29, 0.717) is 29.3 Å². The van der Waals surface area contributed by atoms with Crippen LogP contribution in [0.25, 0.3) is 0 Å². The number of carbonyl (C=O) groups excluding carboxylic acids is 3. The minimum absolute atomic E-state index is 0.0960. The number of methoxy groups -OCH3 is 1. The van der Waals surface area contributed by atoms with E-state index in [9.17, 15) is 14.4 Å². The highest BCUT2D eigenvalue weighted by Crippen LogP contribution is 2.31. The number of para-hydroxylation sites is 2. The zero-order chi connectivity index (χ0) is 20.1. The molecule has 0 radical (unpaired) electrons. The number of benzene rings is 2. The van der Waals surface area contributed by atoms with Crippen molar-refractivity contribution in [3.8, 4) is 5.75 Å². The standard InChI is InChI=1S/C20H20N2O5S/c1-12(19(24)22-14-5-3-4-6-16(14)26-2)27-20(25)13-7-8-17-15(11-13)21-18(23)9-10-28-17/h3-8,11-12H,9-10H2,1-2H3,(H,21,23)(H,22,24)/t12-/m0/s1. The van der Waals surface area contributed by atoms with Crippen LogP contribution in [-0.4, -0.2) is 36.8 Å². The Balaban J connectivity index is 1.67. The average Bonchev–Trinajstić information content (AvgIpc) is 2.88. The van der Waals surface area contributed by atoms with Gasteiger partial charge in [-0.1, -0.05) is 12.1 Å². The van der Waals surface area contributed by atoms with Crippen LogP contribution in [0, 0.1) is 0 Å². The zero-order valence-electron chi connectivity index (χ0n) is 15.5. The Labute approximate surface area is 166 Å². The molecule has 0 saturated carbocycles. The Kier molecular flexibility index (Phi) is 6.20. The Bertz CT molecular complexity index is 915. The summed E-state index contributed by atoms with van der Waals surface area (Å²) in [5.41, 5.74) is 1.33. The molecule has 0 aliphatic carbocycles. The van der Waals surface area contributed by atoms with Gasteiger partial charge in [-0.15, -0.1) is 11.8 Å². The molecular weight excluding hydrogens is 380 g/mol. The third-order valence-corrected chi connectivity index (χ3v) is 5.17. The first-order valence-corrected chi connectivity index (χ1v) is 9.68. The van der Waals surface area contributed by atoms with Crippen molar-refractivity contribution < 1.29 is 23.9 Å². The lowest BCUT2D eigenvalue weighted by Crippen LogP contribution is -2.30. The second-order valence-corrected chi connectivity index (χ2v) is 7.23. The van der Waals surface area contributed by atoms with Gasteiger partial charge in [-0.3, -0.25) is 9.59 Å². The summed E-state index contributed by atoms with van der Waals surface area (Å²) in [6, 6.07) is 11.9. The Morgan fingerprint density at radius 3 is 2.79 bits per heavy atom. The maximum Gasteiger partial charge on any atom is 0.338 e. The van der Waals surface area contributed by atoms with E-state index >= 15 is 0 Å². The van der Waals surface area contributed by atoms with Crippen molar-refractivity contribution in [1.29, 1.82) is 0 Å². The summed E-state index contributed by atoms with van der Waals surface area (Å²) in [6.07, 6.45) is -0.598. The van der Waals surface area contributed by atoms with Crippen LogP contribution in [0.5, 0.6) is 5.75 Å². The number of esters is 1. The van der Waals surface area contributed by atoms with Crippen molar-refractivity contribution in [3.63, 3.8) is 0 Å². The van der Waals surface area contributed by atoms with Crippen molar-refractivity contribution in [2.75, 3.05) is 23.5 Å². The van der Waals surface area contributed by atoms with Crippen LogP contribution < -0.4 is 15.4 Å². The van der Waals surface area contributed by atoms with E-state index in [0.717, 1.165) is 4.90 Å². The van der Waals surface area contributed by atoms with Crippen molar-refractivity contribution in [2.24, 2.45) is 0 Å². The van der Waals surface area contributed by atoms with E-state index < -0.39 is 18.0 Å². The fourth-order valence-electron chi connectivity index (χ4n) is 2.61. The maximum atomic E-state index is 12.4. The van der Waals surface area contributed by atoms with E-state index in [1.54, 1.807) is 54.2 Å². The number of thioether (sulfide) groups is 1. The molecule has 2 aromatic carbocycles. The smallest absolute Gasteiger partial charge is 0.338 e. The van der Waals surface area contributed by atoms with Gasteiger partial charge in [0, 0.05) is 17.1 Å². The van der Waals surface area contributed by atoms with Crippen LogP contribution >= 0.6 is 11.8 Å². The van der Waals surface area contributed by atoms with Gasteiger partial charge in [-0.05, 0) is 37.3 Å². The molecule has 2 aromatic rings. The summed E-state index contributed by atoms with van der Waals surface area (Å²) in [4.78, 5) is 37.4. The number of anilines is 2. The van der Waals surface area contributed by atoms with Gasteiger partial charge in [-0.2, -0.15) is 0 Å². The Morgan fingerprint density at radius 2 is 2.00 bits per heavy atom. The van der Waals surface area contributed by atoms with Gasteiger partial charge < -0.3 is 20.1 Å². The van der Waals surface area contributed by atoms with Crippen LogP contribution in [0.15, 0.2) is 47.4 Å². The topological polar surface area (TPSA) is 93.7 Å². The molecule has 0 fully saturated rings. The summed E-state index contributed by atoms with van der Waals surface area (Å²) >= 11 is 1.55. The van der Waals surface area contributed by atoms with E-state index in [-0.39, 0.29) is 11.5 Å². The maximum absolute atomic E-state index is 12.4. The number of amides is 2. The average molecular weight is 400 g/mol. The Morgan fingerprint density at radius 1 is 1.21 bits per heavy atom. The molecule has 0 unspecified atom stereocenters. The molecule has 3 rings (SSSR count). The van der Waals surface area contributed by atoms with Gasteiger partial charge in [0.25, 0.3) is 5.91 Å². The molecule has 28 heavy (non-hydrogen) atoms. The first-order valence-electron chi connectivity index (χ1n) is 8.69. The van der Waals surface area contributed by atoms with Gasteiger partial charge in [-0.25, -0.2) is 4.79 Å². The predicted octanol–water partition coefficient (Wildman–Crippen LogP) is 3.31. The minimum Gasteiger partial charge on any atom is -0.495 e. The fraction of sp³-hybridized carbons (Fsp3) is 0.250. The molecule has 0 aromatic heterocycles. The molecule has 0 bridgehead atoms. The quantitative estimate of drug-likeness (QED) is 0.748. The third-order valence-electron chi connectivity index (χ3n) is 4.09. The number of rotatable bonds is 5. The Hall–Kier alpha value is -3.00. The molecule has 1 heterocycles. The molecule has 0 saturated heterocycles. The molecular formula is C20H20N2O5S. The summed E-state index contributed by atoms with van der Waals surface area (Å²) in [7, 11) is 1.50. The molecule has 2 N–H and O–H groups in total. The van der Waals surface area contributed by atoms with Gasteiger partial charge in [0.15, 0.2) is 6.10 Å². The van der Waals surface area contributed by atoms with E-state index in [1.807, 2.05) is 0 Å². The molecule has 7 nitrogen and oxygen atoms in total. The molecule has 2 amide bonds. The summed E-state index contributed by atoms with van der Waals surface area (Å²) in [6.45, 7) is 1.49. The van der Waals surface area contributed by atoms with Crippen LogP contribution in [0.1, 0.15) is 23.7 Å². The summed E-state index contributed by atoms with van der Waals surface area (Å²) in [5.74, 6) is -0.0249. The normalized spacial score (nSPS) is 14.1. The highest BCUT2D eigenvalue weighted by molar-refractivity contribution is 7.99. The van der Waals surface area contributed by atoms with E-state index in [4.69, 9.17) is 9.47 Å². The monoisotopic (exact) mass is 400 g/mol. The second-order valence-electron chi connectivity index (χ2n) is 6.09. The van der Waals surface area contributed by atoms with Gasteiger partial charge >= 0.3 is 5.97 Å². The molecule has 1 aliphatic heterocycles. The lowest BCUT2D eigenvalue weighted by Gasteiger charge is -2.15. The van der Waals surface area contributed by atoms with Crippen LogP contribution in [0.3, 0.4) is 0 Å². The van der Waals surface area contributed by atoms with Crippen molar-refractivity contribution in [2.45, 2.75) is 24.3 Å². The third kappa shape index (κ3) is 4.64. The highest BCUT2D eigenvalue weighted by atomic mass is 32.2. The molecule has 8 heteroatoms. The van der Waals surface area contributed by atoms with Gasteiger partial charge in [0.2, 0.25) is 5.91 Å². The van der Waals surface area contributed by atoms with Crippen molar-refractivity contribution >= 4 is 40.9 Å². The van der Waals surface area contributed by atoms with E-state index in [2.05, 4.69) is 10.6 Å². The zero-order valence-corrected chi connectivity index (χ0v) is 16.3. The van der Waals surface area contributed by atoms with Crippen LogP contribution in [0.4, 0.5) is 11.4 Å². The lowest BCUT2D eigenvalue weighted by molar-refractivity contribution is -0.123. The molecule has 1 aliphatic rings. The predicted molar refractivity (Wildman–Crippen MR) is 107 cm³/mol. The lowest BCUT2D eigenvalue weighted by atomic mass is 10.2. The first-order chi connectivity index (χ1) is 13.5. The SMILES string of the molecule is COc1ccccc1NC(=O)[C@H](C)OC(=O)c1ccc2c(c1)NC(=O)CCS2. The number of hydrogen-bond donors (Lipinski definition) is 2. The minimum atomic E-state index is -1.01. The summed E-state index contributed by atoms with van der Waals surface area (Å²) < 4.78 is 10.5. The molecule has 1 atom stereocenters. The summed E-state index contributed by atoms with van der Waals surface area (Å²) in [5, 5.41) is 5.46. The van der Waals surface area contributed by atoms with E-state index in [1.165, 1.54) is 14.0 Å². The second kappa shape index (κ2) is 8.79. The molecule has 146 valence electrons. The highest BCUT2D eigenvalue weighted by Gasteiger charge is 2.22. The van der Waals surface area contributed by atoms with Crippen molar-refractivity contribution in [3.05, 3.63) is 48.0 Å². The number of hydrogen-bond acceptors (Lipinski definition) is 6. The first kappa shape index (κ1) is 19.8. The fourth-order valence-corrected chi connectivity index (χ4v) is 3.55. The van der Waals surface area contributed by atoms with Crippen LogP contribution in [-0.2, 0) is 14.3 Å². The number of ether oxygens (including phenoxy) is 2. The number of nitrogens with one attached hydrogen (secondary N) is 2. The van der Waals surface area contributed by atoms with Gasteiger partial charge in [0.05, 0.1) is 24.0 Å².